The van der Waals surface area contributed by atoms with Gasteiger partial charge in [-0.2, -0.15) is 13.2 Å². The van der Waals surface area contributed by atoms with E-state index >= 15 is 0 Å². The van der Waals surface area contributed by atoms with Crippen LogP contribution in [0.3, 0.4) is 0 Å². The van der Waals surface area contributed by atoms with E-state index in [1.54, 1.807) is 43.5 Å². The zero-order valence-electron chi connectivity index (χ0n) is 17.8. The number of hydrogen-bond acceptors (Lipinski definition) is 3. The Morgan fingerprint density at radius 1 is 1.06 bits per heavy atom. The highest BCUT2D eigenvalue weighted by Gasteiger charge is 2.30. The summed E-state index contributed by atoms with van der Waals surface area (Å²) in [5, 5.41) is 3.45. The summed E-state index contributed by atoms with van der Waals surface area (Å²) in [5.74, 6) is -0.592. The molecule has 0 atom stereocenters. The van der Waals surface area contributed by atoms with Crippen LogP contribution in [0.1, 0.15) is 27.0 Å². The topological polar surface area (TPSA) is 49.4 Å². The summed E-state index contributed by atoms with van der Waals surface area (Å²) < 4.78 is 38.3. The lowest BCUT2D eigenvalue weighted by atomic mass is 10.1. The molecule has 4 rings (SSSR count). The molecular formula is C25H18ClF3N2O2S. The number of hydrogen-bond donors (Lipinski definition) is 1. The average molecular weight is 503 g/mol. The monoisotopic (exact) mass is 502 g/mol. The Labute approximate surface area is 203 Å². The van der Waals surface area contributed by atoms with E-state index < -0.39 is 11.7 Å². The number of amides is 2. The van der Waals surface area contributed by atoms with E-state index in [2.05, 4.69) is 5.32 Å². The summed E-state index contributed by atoms with van der Waals surface area (Å²) in [6.07, 6.45) is -2.86. The van der Waals surface area contributed by atoms with Gasteiger partial charge in [-0.1, -0.05) is 47.6 Å². The van der Waals surface area contributed by atoms with Crippen molar-refractivity contribution in [2.45, 2.75) is 17.6 Å². The van der Waals surface area contributed by atoms with Crippen molar-refractivity contribution in [2.75, 3.05) is 11.9 Å². The van der Waals surface area contributed by atoms with Gasteiger partial charge in [-0.15, -0.1) is 0 Å². The largest absolute Gasteiger partial charge is 0.416 e. The van der Waals surface area contributed by atoms with Crippen LogP contribution in [0.4, 0.5) is 18.9 Å². The Hall–Kier alpha value is -3.23. The van der Waals surface area contributed by atoms with Crippen LogP contribution in [-0.2, 0) is 17.5 Å². The lowest BCUT2D eigenvalue weighted by Gasteiger charge is -2.27. The Kier molecular flexibility index (Phi) is 6.72. The second kappa shape index (κ2) is 9.56. The third-order valence-corrected chi connectivity index (χ3v) is 6.55. The van der Waals surface area contributed by atoms with E-state index in [4.69, 9.17) is 11.6 Å². The molecule has 0 aliphatic carbocycles. The number of alkyl halides is 3. The molecule has 174 valence electrons. The van der Waals surface area contributed by atoms with Gasteiger partial charge in [0.25, 0.3) is 11.8 Å². The number of rotatable bonds is 4. The van der Waals surface area contributed by atoms with Gasteiger partial charge in [0.05, 0.1) is 16.2 Å². The fourth-order valence-corrected chi connectivity index (χ4v) is 4.56. The summed E-state index contributed by atoms with van der Waals surface area (Å²) in [6.45, 7) is 0.330. The molecule has 0 aromatic heterocycles. The van der Waals surface area contributed by atoms with Crippen molar-refractivity contribution in [3.05, 3.63) is 98.9 Å². The number of halogens is 4. The number of nitrogens with zero attached hydrogens (tertiary/aromatic N) is 1. The maximum atomic E-state index is 12.9. The lowest BCUT2D eigenvalue weighted by molar-refractivity contribution is -0.137. The van der Waals surface area contributed by atoms with Crippen LogP contribution < -0.4 is 10.2 Å². The molecule has 3 aromatic rings. The number of benzene rings is 3. The molecule has 1 N–H and O–H groups in total. The fourth-order valence-electron chi connectivity index (χ4n) is 3.34. The van der Waals surface area contributed by atoms with E-state index in [1.165, 1.54) is 28.8 Å². The molecule has 1 aliphatic heterocycles. The first kappa shape index (κ1) is 23.9. The number of nitrogens with one attached hydrogen (secondary N) is 1. The fraction of sp³-hybridized carbons (Fsp3) is 0.120. The van der Waals surface area contributed by atoms with Gasteiger partial charge < -0.3 is 10.2 Å². The molecule has 4 nitrogen and oxygen atoms in total. The lowest BCUT2D eigenvalue weighted by Crippen LogP contribution is -2.31. The molecule has 1 heterocycles. The minimum absolute atomic E-state index is 0.283. The Morgan fingerprint density at radius 3 is 2.38 bits per heavy atom. The van der Waals surface area contributed by atoms with Crippen LogP contribution in [0.25, 0.3) is 6.08 Å². The average Bonchev–Trinajstić information content (AvgIpc) is 2.81. The number of carbonyl (C=O) groups is 2. The van der Waals surface area contributed by atoms with E-state index in [0.717, 1.165) is 22.6 Å². The summed E-state index contributed by atoms with van der Waals surface area (Å²) in [6, 6.07) is 16.8. The molecule has 9 heteroatoms. The molecule has 0 bridgehead atoms. The first-order chi connectivity index (χ1) is 16.1. The molecule has 0 saturated carbocycles. The molecule has 0 fully saturated rings. The van der Waals surface area contributed by atoms with E-state index in [1.807, 2.05) is 12.1 Å². The highest BCUT2D eigenvalue weighted by atomic mass is 35.5. The Balaban J connectivity index is 1.51. The number of carbonyl (C=O) groups excluding carboxylic acids is 2. The SMILES string of the molecule is CN1C(=O)C(=Cc2ccc(C(F)(F)F)cc2)Sc2ccc(C(=O)NCc3ccc(Cl)cc3)cc21. The predicted molar refractivity (Wildman–Crippen MR) is 128 cm³/mol. The van der Waals surface area contributed by atoms with Crippen LogP contribution in [0.5, 0.6) is 0 Å². The van der Waals surface area contributed by atoms with Crippen LogP contribution in [0.2, 0.25) is 5.02 Å². The van der Waals surface area contributed by atoms with Crippen molar-refractivity contribution in [2.24, 2.45) is 0 Å². The predicted octanol–water partition coefficient (Wildman–Crippen LogP) is 6.40. The van der Waals surface area contributed by atoms with E-state index in [9.17, 15) is 22.8 Å². The van der Waals surface area contributed by atoms with Gasteiger partial charge in [0.2, 0.25) is 0 Å². The molecule has 0 spiro atoms. The minimum Gasteiger partial charge on any atom is -0.348 e. The highest BCUT2D eigenvalue weighted by Crippen LogP contribution is 2.42. The van der Waals surface area contributed by atoms with Crippen molar-refractivity contribution in [3.63, 3.8) is 0 Å². The van der Waals surface area contributed by atoms with Crippen molar-refractivity contribution in [3.8, 4) is 0 Å². The molecule has 0 saturated heterocycles. The number of anilines is 1. The zero-order chi connectivity index (χ0) is 24.5. The maximum absolute atomic E-state index is 12.9. The highest BCUT2D eigenvalue weighted by molar-refractivity contribution is 8.04. The Bertz CT molecular complexity index is 1270. The van der Waals surface area contributed by atoms with Gasteiger partial charge in [0.1, 0.15) is 0 Å². The number of thioether (sulfide) groups is 1. The van der Waals surface area contributed by atoms with Crippen LogP contribution in [-0.4, -0.2) is 18.9 Å². The van der Waals surface area contributed by atoms with Crippen molar-refractivity contribution >= 4 is 46.9 Å². The number of fused-ring (bicyclic) bond motifs is 1. The molecule has 34 heavy (non-hydrogen) atoms. The van der Waals surface area contributed by atoms with Gasteiger partial charge >= 0.3 is 6.18 Å². The third kappa shape index (κ3) is 5.29. The third-order valence-electron chi connectivity index (χ3n) is 5.22. The molecule has 2 amide bonds. The summed E-state index contributed by atoms with van der Waals surface area (Å²) in [4.78, 5) is 28.1. The summed E-state index contributed by atoms with van der Waals surface area (Å²) in [5.41, 5.74) is 1.62. The van der Waals surface area contributed by atoms with Crippen molar-refractivity contribution in [1.29, 1.82) is 0 Å². The smallest absolute Gasteiger partial charge is 0.348 e. The second-order valence-electron chi connectivity index (χ2n) is 7.59. The molecular weight excluding hydrogens is 485 g/mol. The summed E-state index contributed by atoms with van der Waals surface area (Å²) in [7, 11) is 1.59. The van der Waals surface area contributed by atoms with Gasteiger partial charge in [-0.3, -0.25) is 9.59 Å². The number of likely N-dealkylation sites (N-methyl/N-ethyl adjacent to an activating group) is 1. The van der Waals surface area contributed by atoms with Crippen molar-refractivity contribution < 1.29 is 22.8 Å². The first-order valence-electron chi connectivity index (χ1n) is 10.1. The van der Waals surface area contributed by atoms with E-state index in [-0.39, 0.29) is 11.8 Å². The van der Waals surface area contributed by atoms with Gasteiger partial charge in [-0.05, 0) is 59.7 Å². The normalized spacial score (nSPS) is 14.8. The second-order valence-corrected chi connectivity index (χ2v) is 9.11. The zero-order valence-corrected chi connectivity index (χ0v) is 19.4. The quantitative estimate of drug-likeness (QED) is 0.420. The molecule has 3 aromatic carbocycles. The maximum Gasteiger partial charge on any atom is 0.416 e. The summed E-state index contributed by atoms with van der Waals surface area (Å²) >= 11 is 7.08. The Morgan fingerprint density at radius 2 is 1.74 bits per heavy atom. The molecule has 0 unspecified atom stereocenters. The minimum atomic E-state index is -4.42. The van der Waals surface area contributed by atoms with Crippen molar-refractivity contribution in [1.82, 2.24) is 5.32 Å². The molecule has 0 radical (unpaired) electrons. The van der Waals surface area contributed by atoms with E-state index in [0.29, 0.717) is 33.3 Å². The van der Waals surface area contributed by atoms with Crippen LogP contribution >= 0.6 is 23.4 Å². The first-order valence-corrected chi connectivity index (χ1v) is 11.3. The molecule has 1 aliphatic rings. The van der Waals surface area contributed by atoms with Gasteiger partial charge in [0, 0.05) is 29.1 Å². The van der Waals surface area contributed by atoms with Crippen LogP contribution in [0, 0.1) is 0 Å². The van der Waals surface area contributed by atoms with Gasteiger partial charge in [-0.25, -0.2) is 0 Å². The standard InChI is InChI=1S/C25H18ClF3N2O2S/c1-31-20-13-17(23(32)30-14-16-4-9-19(26)10-5-16)6-11-21(20)34-22(24(31)33)12-15-2-7-18(8-3-15)25(27,28)29/h2-13H,14H2,1H3,(H,30,32). The van der Waals surface area contributed by atoms with Gasteiger partial charge in [0.15, 0.2) is 0 Å². The van der Waals surface area contributed by atoms with Crippen LogP contribution in [0.15, 0.2) is 76.5 Å².